The van der Waals surface area contributed by atoms with E-state index in [0.29, 0.717) is 17.0 Å². The van der Waals surface area contributed by atoms with Crippen LogP contribution in [0.2, 0.25) is 0 Å². The molecule has 0 N–H and O–H groups in total. The first-order valence-electron chi connectivity index (χ1n) is 6.42. The fourth-order valence-electron chi connectivity index (χ4n) is 3.19. The average Bonchev–Trinajstić information content (AvgIpc) is 2.15. The van der Waals surface area contributed by atoms with Crippen molar-refractivity contribution in [2.24, 2.45) is 11.8 Å². The number of hydrogen-bond donors (Lipinski definition) is 0. The minimum atomic E-state index is 0.257. The van der Waals surface area contributed by atoms with E-state index in [2.05, 4.69) is 29.8 Å². The van der Waals surface area contributed by atoms with Gasteiger partial charge in [0.15, 0.2) is 0 Å². The summed E-state index contributed by atoms with van der Waals surface area (Å²) in [7, 11) is 1.78. The minimum absolute atomic E-state index is 0.257. The van der Waals surface area contributed by atoms with Crippen molar-refractivity contribution in [1.82, 2.24) is 0 Å². The first-order chi connectivity index (χ1) is 7.60. The predicted octanol–water partition coefficient (Wildman–Crippen LogP) is 3.38. The quantitative estimate of drug-likeness (QED) is 0.742. The van der Waals surface area contributed by atoms with E-state index in [1.807, 2.05) is 0 Å². The Kier molecular flexibility index (Phi) is 4.31. The Bertz CT molecular complexity index is 224. The van der Waals surface area contributed by atoms with Crippen molar-refractivity contribution in [1.29, 1.82) is 0 Å². The topological polar surface area (TPSA) is 18.5 Å². The van der Waals surface area contributed by atoms with Crippen LogP contribution in [0, 0.1) is 11.8 Å². The molecule has 0 aromatic carbocycles. The Labute approximate surface area is 107 Å². The highest BCUT2D eigenvalue weighted by Gasteiger charge is 2.42. The zero-order valence-corrected chi connectivity index (χ0v) is 12.1. The van der Waals surface area contributed by atoms with Gasteiger partial charge in [-0.25, -0.2) is 0 Å². The van der Waals surface area contributed by atoms with Crippen molar-refractivity contribution in [3.63, 3.8) is 0 Å². The van der Waals surface area contributed by atoms with Crippen LogP contribution in [-0.4, -0.2) is 30.2 Å². The van der Waals surface area contributed by atoms with Gasteiger partial charge in [-0.05, 0) is 37.5 Å². The molecule has 2 saturated carbocycles. The lowest BCUT2D eigenvalue weighted by Crippen LogP contribution is -2.52. The molecule has 5 atom stereocenters. The molecule has 0 aromatic heterocycles. The van der Waals surface area contributed by atoms with Crippen LogP contribution in [0.1, 0.15) is 39.5 Å². The molecule has 0 bridgehead atoms. The zero-order chi connectivity index (χ0) is 11.7. The van der Waals surface area contributed by atoms with Crippen molar-refractivity contribution in [3.05, 3.63) is 0 Å². The zero-order valence-electron chi connectivity index (χ0n) is 10.5. The molecule has 16 heavy (non-hydrogen) atoms. The molecule has 0 aliphatic heterocycles. The normalized spacial score (nSPS) is 48.8. The van der Waals surface area contributed by atoms with E-state index in [4.69, 9.17) is 9.47 Å². The minimum Gasteiger partial charge on any atom is -0.378 e. The van der Waals surface area contributed by atoms with Gasteiger partial charge in [0, 0.05) is 11.9 Å². The van der Waals surface area contributed by atoms with E-state index >= 15 is 0 Å². The van der Waals surface area contributed by atoms with Gasteiger partial charge < -0.3 is 9.47 Å². The Morgan fingerprint density at radius 1 is 1.00 bits per heavy atom. The van der Waals surface area contributed by atoms with Gasteiger partial charge in [-0.15, -0.1) is 0 Å². The van der Waals surface area contributed by atoms with Gasteiger partial charge in [0.2, 0.25) is 0 Å². The molecule has 3 heteroatoms. The Hall–Kier alpha value is 0.400. The molecule has 0 saturated heterocycles. The third-order valence-corrected chi connectivity index (χ3v) is 4.85. The van der Waals surface area contributed by atoms with Crippen LogP contribution in [0.25, 0.3) is 0 Å². The maximum absolute atomic E-state index is 6.19. The van der Waals surface area contributed by atoms with E-state index < -0.39 is 0 Å². The van der Waals surface area contributed by atoms with Gasteiger partial charge in [-0.2, -0.15) is 0 Å². The first-order valence-corrected chi connectivity index (χ1v) is 7.34. The lowest BCUT2D eigenvalue weighted by Gasteiger charge is -2.43. The molecule has 2 aliphatic rings. The molecule has 0 aromatic rings. The summed E-state index contributed by atoms with van der Waals surface area (Å²) in [5.41, 5.74) is 0. The first kappa shape index (κ1) is 12.8. The van der Waals surface area contributed by atoms with Crippen LogP contribution in [0.4, 0.5) is 0 Å². The lowest BCUT2D eigenvalue weighted by molar-refractivity contribution is -0.147. The van der Waals surface area contributed by atoms with Gasteiger partial charge in [0.25, 0.3) is 0 Å². The summed E-state index contributed by atoms with van der Waals surface area (Å²) in [6.07, 6.45) is 5.94. The summed E-state index contributed by atoms with van der Waals surface area (Å²) in [6.45, 7) is 4.68. The van der Waals surface area contributed by atoms with Crippen LogP contribution in [0.15, 0.2) is 0 Å². The molecule has 2 rings (SSSR count). The lowest BCUT2D eigenvalue weighted by atomic mass is 9.81. The maximum Gasteiger partial charge on any atom is 0.0958 e. The number of halogens is 1. The van der Waals surface area contributed by atoms with Crippen molar-refractivity contribution in [3.8, 4) is 0 Å². The maximum atomic E-state index is 6.19. The molecule has 0 heterocycles. The van der Waals surface area contributed by atoms with Gasteiger partial charge in [0.05, 0.1) is 18.3 Å². The fraction of sp³-hybridized carbons (Fsp3) is 1.00. The largest absolute Gasteiger partial charge is 0.378 e. The fourth-order valence-corrected chi connectivity index (χ4v) is 4.12. The van der Waals surface area contributed by atoms with Crippen molar-refractivity contribution < 1.29 is 9.47 Å². The van der Waals surface area contributed by atoms with E-state index in [9.17, 15) is 0 Å². The van der Waals surface area contributed by atoms with Gasteiger partial charge in [-0.3, -0.25) is 0 Å². The van der Waals surface area contributed by atoms with E-state index in [0.717, 1.165) is 18.3 Å². The highest BCUT2D eigenvalue weighted by Crippen LogP contribution is 2.37. The number of ether oxygens (including phenoxy) is 2. The highest BCUT2D eigenvalue weighted by atomic mass is 79.9. The van der Waals surface area contributed by atoms with Crippen LogP contribution in [-0.2, 0) is 9.47 Å². The molecule has 2 aliphatic carbocycles. The highest BCUT2D eigenvalue weighted by molar-refractivity contribution is 9.09. The summed E-state index contributed by atoms with van der Waals surface area (Å²) >= 11 is 3.61. The SMILES string of the molecule is COC1C(Br)CC1OC1CC(C)CC(C)C1. The summed E-state index contributed by atoms with van der Waals surface area (Å²) in [5.74, 6) is 1.63. The number of alkyl halides is 1. The smallest absolute Gasteiger partial charge is 0.0958 e. The molecule has 5 unspecified atom stereocenters. The summed E-state index contributed by atoms with van der Waals surface area (Å²) in [5, 5.41) is 0. The molecule has 0 spiro atoms. The van der Waals surface area contributed by atoms with Crippen molar-refractivity contribution in [2.75, 3.05) is 7.11 Å². The van der Waals surface area contributed by atoms with Crippen LogP contribution >= 0.6 is 15.9 Å². The Morgan fingerprint density at radius 2 is 1.62 bits per heavy atom. The molecule has 2 fully saturated rings. The molecule has 2 nitrogen and oxygen atoms in total. The third kappa shape index (κ3) is 2.80. The second-order valence-electron chi connectivity index (χ2n) is 5.67. The number of methoxy groups -OCH3 is 1. The second kappa shape index (κ2) is 5.36. The summed E-state index contributed by atoms with van der Waals surface area (Å²) in [4.78, 5) is 0.487. The molecular weight excluding hydrogens is 268 g/mol. The second-order valence-corrected chi connectivity index (χ2v) is 6.84. The number of rotatable bonds is 3. The van der Waals surface area contributed by atoms with Gasteiger partial charge in [0.1, 0.15) is 0 Å². The Balaban J connectivity index is 1.81. The van der Waals surface area contributed by atoms with Gasteiger partial charge in [-0.1, -0.05) is 29.8 Å². The summed E-state index contributed by atoms with van der Waals surface area (Å²) in [6, 6.07) is 0. The average molecular weight is 291 g/mol. The number of hydrogen-bond acceptors (Lipinski definition) is 2. The third-order valence-electron chi connectivity index (χ3n) is 3.96. The molecule has 94 valence electrons. The van der Waals surface area contributed by atoms with Gasteiger partial charge >= 0.3 is 0 Å². The van der Waals surface area contributed by atoms with Crippen molar-refractivity contribution in [2.45, 2.75) is 62.7 Å². The van der Waals surface area contributed by atoms with E-state index in [1.54, 1.807) is 7.11 Å². The van der Waals surface area contributed by atoms with E-state index in [1.165, 1.54) is 19.3 Å². The Morgan fingerprint density at radius 3 is 2.12 bits per heavy atom. The standard InChI is InChI=1S/C13H23BrO2/c1-8-4-9(2)6-10(5-8)16-12-7-11(14)13(12)15-3/h8-13H,4-7H2,1-3H3. The monoisotopic (exact) mass is 290 g/mol. The molecular formula is C13H23BrO2. The van der Waals surface area contributed by atoms with Crippen LogP contribution in [0.3, 0.4) is 0 Å². The summed E-state index contributed by atoms with van der Waals surface area (Å²) < 4.78 is 11.6. The van der Waals surface area contributed by atoms with E-state index in [-0.39, 0.29) is 6.10 Å². The van der Waals surface area contributed by atoms with Crippen LogP contribution < -0.4 is 0 Å². The predicted molar refractivity (Wildman–Crippen MR) is 69.0 cm³/mol. The molecule has 0 amide bonds. The molecule has 0 radical (unpaired) electrons. The van der Waals surface area contributed by atoms with Crippen LogP contribution in [0.5, 0.6) is 0 Å². The van der Waals surface area contributed by atoms with Crippen molar-refractivity contribution >= 4 is 15.9 Å².